The zero-order chi connectivity index (χ0) is 21.6. The Labute approximate surface area is 186 Å². The smallest absolute Gasteiger partial charge is 0.271 e. The highest BCUT2D eigenvalue weighted by Gasteiger charge is 2.20. The van der Waals surface area contributed by atoms with Crippen LogP contribution in [0.2, 0.25) is 5.02 Å². The van der Waals surface area contributed by atoms with Crippen molar-refractivity contribution < 1.29 is 19.0 Å². The molecule has 0 radical (unpaired) electrons. The Morgan fingerprint density at radius 2 is 2.13 bits per heavy atom. The number of rotatable bonds is 8. The molecule has 9 heteroatoms. The lowest BCUT2D eigenvalue weighted by atomic mass is 10.2. The van der Waals surface area contributed by atoms with Gasteiger partial charge in [0.2, 0.25) is 5.95 Å². The zero-order valence-corrected chi connectivity index (χ0v) is 18.4. The number of aromatic nitrogens is 2. The third-order valence-electron chi connectivity index (χ3n) is 5.47. The van der Waals surface area contributed by atoms with E-state index < -0.39 is 0 Å². The molecule has 1 N–H and O–H groups in total. The van der Waals surface area contributed by atoms with Gasteiger partial charge in [-0.15, -0.1) is 0 Å². The van der Waals surface area contributed by atoms with Crippen LogP contribution in [-0.2, 0) is 11.3 Å². The number of carbonyl (C=O) groups excluding carboxylic acids is 1. The van der Waals surface area contributed by atoms with Gasteiger partial charge in [0.15, 0.2) is 17.2 Å². The van der Waals surface area contributed by atoms with Crippen LogP contribution in [0.1, 0.15) is 41.7 Å². The van der Waals surface area contributed by atoms with Gasteiger partial charge in [-0.05, 0) is 43.4 Å². The number of carbonyl (C=O) groups is 1. The molecule has 0 bridgehead atoms. The number of hydrogen-bond donors (Lipinski definition) is 1. The Kier molecular flexibility index (Phi) is 7.09. The number of anilines is 1. The van der Waals surface area contributed by atoms with Crippen molar-refractivity contribution in [2.75, 3.05) is 38.3 Å². The number of ether oxygens (including phenoxy) is 3. The van der Waals surface area contributed by atoms with Gasteiger partial charge in [-0.25, -0.2) is 9.97 Å². The number of methoxy groups -OCH3 is 1. The molecule has 1 aromatic heterocycles. The molecule has 2 aliphatic heterocycles. The van der Waals surface area contributed by atoms with Gasteiger partial charge in [-0.3, -0.25) is 4.79 Å². The zero-order valence-electron chi connectivity index (χ0n) is 17.6. The normalized spacial score (nSPS) is 18.3. The summed E-state index contributed by atoms with van der Waals surface area (Å²) >= 11 is 6.19. The topological polar surface area (TPSA) is 85.8 Å². The lowest BCUT2D eigenvalue weighted by molar-refractivity contribution is 0.0669. The number of amides is 1. The van der Waals surface area contributed by atoms with Crippen LogP contribution in [0.3, 0.4) is 0 Å². The van der Waals surface area contributed by atoms with E-state index in [9.17, 15) is 4.79 Å². The molecule has 0 saturated carbocycles. The quantitative estimate of drug-likeness (QED) is 0.666. The number of hydrogen-bond acceptors (Lipinski definition) is 7. The van der Waals surface area contributed by atoms with Gasteiger partial charge in [0.05, 0.1) is 24.4 Å². The van der Waals surface area contributed by atoms with Crippen LogP contribution in [0.4, 0.5) is 5.95 Å². The Morgan fingerprint density at radius 1 is 1.29 bits per heavy atom. The van der Waals surface area contributed by atoms with Gasteiger partial charge < -0.3 is 24.4 Å². The number of nitrogens with one attached hydrogen (secondary N) is 1. The van der Waals surface area contributed by atoms with E-state index in [2.05, 4.69) is 20.2 Å². The van der Waals surface area contributed by atoms with Gasteiger partial charge in [0.25, 0.3) is 5.91 Å². The number of benzene rings is 1. The van der Waals surface area contributed by atoms with Crippen molar-refractivity contribution in [3.8, 4) is 11.5 Å². The first-order valence-electron chi connectivity index (χ1n) is 10.6. The van der Waals surface area contributed by atoms with E-state index in [1.54, 1.807) is 7.11 Å². The Morgan fingerprint density at radius 3 is 2.87 bits per heavy atom. The SMILES string of the molecule is COc1cc(CNC(=O)c2nc(N3CCCC3)ncc2Cl)ccc1OC[C@@H]1CCCO1. The van der Waals surface area contributed by atoms with E-state index in [4.69, 9.17) is 25.8 Å². The van der Waals surface area contributed by atoms with Gasteiger partial charge in [-0.2, -0.15) is 0 Å². The van der Waals surface area contributed by atoms with Crippen molar-refractivity contribution in [2.45, 2.75) is 38.3 Å². The maximum atomic E-state index is 12.7. The highest BCUT2D eigenvalue weighted by Crippen LogP contribution is 2.29. The summed E-state index contributed by atoms with van der Waals surface area (Å²) in [6.07, 6.45) is 5.90. The first-order valence-corrected chi connectivity index (χ1v) is 11.0. The molecule has 2 aromatic rings. The summed E-state index contributed by atoms with van der Waals surface area (Å²) in [6.45, 7) is 3.38. The number of nitrogens with zero attached hydrogens (tertiary/aromatic N) is 3. The van der Waals surface area contributed by atoms with Crippen molar-refractivity contribution in [2.24, 2.45) is 0 Å². The fourth-order valence-corrected chi connectivity index (χ4v) is 3.93. The molecular formula is C22H27ClN4O4. The molecule has 3 heterocycles. The van der Waals surface area contributed by atoms with E-state index in [0.29, 0.717) is 30.6 Å². The van der Waals surface area contributed by atoms with Crippen molar-refractivity contribution in [1.29, 1.82) is 0 Å². The van der Waals surface area contributed by atoms with Crippen LogP contribution < -0.4 is 19.7 Å². The molecule has 8 nitrogen and oxygen atoms in total. The third-order valence-corrected chi connectivity index (χ3v) is 5.74. The van der Waals surface area contributed by atoms with Crippen molar-refractivity contribution in [3.05, 3.63) is 40.7 Å². The molecule has 0 unspecified atom stereocenters. The molecule has 1 aromatic carbocycles. The van der Waals surface area contributed by atoms with Crippen LogP contribution in [0.5, 0.6) is 11.5 Å². The summed E-state index contributed by atoms with van der Waals surface area (Å²) in [6, 6.07) is 5.59. The van der Waals surface area contributed by atoms with E-state index in [-0.39, 0.29) is 22.7 Å². The number of halogens is 1. The van der Waals surface area contributed by atoms with Crippen molar-refractivity contribution in [1.82, 2.24) is 15.3 Å². The standard InChI is InChI=1S/C22H27ClN4O4/c1-29-19-11-15(6-7-18(19)31-14-16-5-4-10-30-16)12-24-21(28)20-17(23)13-25-22(26-20)27-8-2-3-9-27/h6-7,11,13,16H,2-5,8-10,12,14H2,1H3,(H,24,28)/t16-/m0/s1. The van der Waals surface area contributed by atoms with E-state index in [1.807, 2.05) is 18.2 Å². The highest BCUT2D eigenvalue weighted by molar-refractivity contribution is 6.33. The molecule has 0 aliphatic carbocycles. The van der Waals surface area contributed by atoms with Crippen LogP contribution in [0.25, 0.3) is 0 Å². The van der Waals surface area contributed by atoms with Gasteiger partial charge >= 0.3 is 0 Å². The first-order chi connectivity index (χ1) is 15.1. The molecule has 4 rings (SSSR count). The fraction of sp³-hybridized carbons (Fsp3) is 0.500. The average molecular weight is 447 g/mol. The largest absolute Gasteiger partial charge is 0.493 e. The molecule has 2 saturated heterocycles. The van der Waals surface area contributed by atoms with Crippen LogP contribution in [0.15, 0.2) is 24.4 Å². The molecular weight excluding hydrogens is 420 g/mol. The second-order valence-electron chi connectivity index (χ2n) is 7.67. The maximum Gasteiger partial charge on any atom is 0.271 e. The van der Waals surface area contributed by atoms with Crippen molar-refractivity contribution >= 4 is 23.5 Å². The summed E-state index contributed by atoms with van der Waals surface area (Å²) < 4.78 is 16.9. The Bertz CT molecular complexity index is 914. The lowest BCUT2D eigenvalue weighted by Gasteiger charge is -2.16. The Hall–Kier alpha value is -2.58. The maximum absolute atomic E-state index is 12.7. The minimum absolute atomic E-state index is 0.131. The third kappa shape index (κ3) is 5.37. The first kappa shape index (κ1) is 21.6. The fourth-order valence-electron chi connectivity index (χ4n) is 3.75. The molecule has 0 spiro atoms. The molecule has 1 amide bonds. The van der Waals surface area contributed by atoms with Crippen LogP contribution in [0, 0.1) is 0 Å². The summed E-state index contributed by atoms with van der Waals surface area (Å²) in [4.78, 5) is 23.4. The average Bonchev–Trinajstić information content (AvgIpc) is 3.51. The predicted octanol–water partition coefficient (Wildman–Crippen LogP) is 3.23. The van der Waals surface area contributed by atoms with Gasteiger partial charge in [0, 0.05) is 26.2 Å². The molecule has 2 fully saturated rings. The second-order valence-corrected chi connectivity index (χ2v) is 8.08. The van der Waals surface area contributed by atoms with Crippen molar-refractivity contribution in [3.63, 3.8) is 0 Å². The minimum atomic E-state index is -0.342. The van der Waals surface area contributed by atoms with E-state index in [0.717, 1.165) is 50.9 Å². The highest BCUT2D eigenvalue weighted by atomic mass is 35.5. The monoisotopic (exact) mass is 446 g/mol. The lowest BCUT2D eigenvalue weighted by Crippen LogP contribution is -2.26. The molecule has 166 valence electrons. The second kappa shape index (κ2) is 10.2. The van der Waals surface area contributed by atoms with Gasteiger partial charge in [-0.1, -0.05) is 17.7 Å². The predicted molar refractivity (Wildman–Crippen MR) is 117 cm³/mol. The molecule has 31 heavy (non-hydrogen) atoms. The van der Waals surface area contributed by atoms with Crippen LogP contribution >= 0.6 is 11.6 Å². The van der Waals surface area contributed by atoms with E-state index >= 15 is 0 Å². The molecule has 2 aliphatic rings. The summed E-state index contributed by atoms with van der Waals surface area (Å²) in [5, 5.41) is 3.11. The summed E-state index contributed by atoms with van der Waals surface area (Å²) in [5.41, 5.74) is 1.06. The summed E-state index contributed by atoms with van der Waals surface area (Å²) in [7, 11) is 1.59. The van der Waals surface area contributed by atoms with E-state index in [1.165, 1.54) is 6.20 Å². The summed E-state index contributed by atoms with van der Waals surface area (Å²) in [5.74, 6) is 1.47. The molecule has 1 atom stereocenters. The van der Waals surface area contributed by atoms with Gasteiger partial charge in [0.1, 0.15) is 6.61 Å². The van der Waals surface area contributed by atoms with Crippen LogP contribution in [-0.4, -0.2) is 55.4 Å². The Balaban J connectivity index is 1.38. The minimum Gasteiger partial charge on any atom is -0.493 e.